The predicted molar refractivity (Wildman–Crippen MR) is 79.4 cm³/mol. The lowest BCUT2D eigenvalue weighted by Gasteiger charge is -2.05. The third kappa shape index (κ3) is 2.10. The Kier molecular flexibility index (Phi) is 3.28. The first-order valence-corrected chi connectivity index (χ1v) is 6.72. The van der Waals surface area contributed by atoms with E-state index in [9.17, 15) is 4.39 Å². The number of hydrogen-bond acceptors (Lipinski definition) is 3. The summed E-state index contributed by atoms with van der Waals surface area (Å²) in [6.07, 6.45) is 0. The fraction of sp³-hybridized carbons (Fsp3) is 0. The number of anilines is 1. The number of benzene rings is 2. The molecule has 0 aliphatic carbocycles. The molecule has 0 atom stereocenters. The van der Waals surface area contributed by atoms with Gasteiger partial charge >= 0.3 is 0 Å². The number of rotatable bonds is 2. The molecule has 3 nitrogen and oxygen atoms in total. The van der Waals surface area contributed by atoms with E-state index in [0.29, 0.717) is 16.9 Å². The van der Waals surface area contributed by atoms with Crippen LogP contribution in [-0.2, 0) is 0 Å². The number of halogens is 2. The van der Waals surface area contributed by atoms with Crippen molar-refractivity contribution in [3.8, 4) is 22.5 Å². The average molecular weight is 333 g/mol. The molecule has 0 aliphatic rings. The molecule has 0 aliphatic heterocycles. The van der Waals surface area contributed by atoms with Crippen molar-refractivity contribution in [2.24, 2.45) is 0 Å². The van der Waals surface area contributed by atoms with Crippen molar-refractivity contribution >= 4 is 21.7 Å². The van der Waals surface area contributed by atoms with Gasteiger partial charge in [-0.2, -0.15) is 0 Å². The molecule has 1 aromatic heterocycles. The quantitative estimate of drug-likeness (QED) is 0.752. The number of hydrogen-bond donors (Lipinski definition) is 1. The summed E-state index contributed by atoms with van der Waals surface area (Å²) >= 11 is 3.46. The van der Waals surface area contributed by atoms with E-state index in [4.69, 9.17) is 10.3 Å². The maximum Gasteiger partial charge on any atom is 0.179 e. The highest BCUT2D eigenvalue weighted by molar-refractivity contribution is 9.10. The number of aromatic nitrogens is 1. The van der Waals surface area contributed by atoms with Gasteiger partial charge in [-0.25, -0.2) is 4.39 Å². The van der Waals surface area contributed by atoms with Crippen LogP contribution in [-0.4, -0.2) is 5.16 Å². The zero-order valence-electron chi connectivity index (χ0n) is 10.3. The van der Waals surface area contributed by atoms with Crippen LogP contribution in [0.3, 0.4) is 0 Å². The molecule has 3 rings (SSSR count). The molecular weight excluding hydrogens is 323 g/mol. The Morgan fingerprint density at radius 3 is 2.35 bits per heavy atom. The van der Waals surface area contributed by atoms with Crippen molar-refractivity contribution in [1.82, 2.24) is 5.16 Å². The summed E-state index contributed by atoms with van der Waals surface area (Å²) in [5.74, 6) is 0.180. The molecule has 0 fully saturated rings. The van der Waals surface area contributed by atoms with Crippen LogP contribution in [0.5, 0.6) is 0 Å². The van der Waals surface area contributed by atoms with E-state index >= 15 is 0 Å². The molecule has 2 aromatic carbocycles. The topological polar surface area (TPSA) is 52.0 Å². The molecule has 100 valence electrons. The third-order valence-electron chi connectivity index (χ3n) is 2.98. The fourth-order valence-electron chi connectivity index (χ4n) is 2.06. The lowest BCUT2D eigenvalue weighted by molar-refractivity contribution is 0.433. The summed E-state index contributed by atoms with van der Waals surface area (Å²) in [6, 6.07) is 13.9. The standard InChI is InChI=1S/C15H10BrFN2O/c16-11-7-3-1-5-9(11)13-14(20-19-15(13)18)10-6-2-4-8-12(10)17/h1-8H,(H2,18,19). The molecule has 5 heteroatoms. The Morgan fingerprint density at radius 1 is 1.00 bits per heavy atom. The average Bonchev–Trinajstić information content (AvgIpc) is 2.82. The first kappa shape index (κ1) is 12.9. The molecule has 0 unspecified atom stereocenters. The van der Waals surface area contributed by atoms with Crippen molar-refractivity contribution in [3.63, 3.8) is 0 Å². The van der Waals surface area contributed by atoms with E-state index in [2.05, 4.69) is 21.1 Å². The van der Waals surface area contributed by atoms with Gasteiger partial charge < -0.3 is 10.3 Å². The summed E-state index contributed by atoms with van der Waals surface area (Å²) in [5, 5.41) is 3.77. The fourth-order valence-corrected chi connectivity index (χ4v) is 2.54. The number of nitrogens with zero attached hydrogens (tertiary/aromatic N) is 1. The van der Waals surface area contributed by atoms with E-state index in [1.54, 1.807) is 18.2 Å². The van der Waals surface area contributed by atoms with Gasteiger partial charge in [-0.05, 0) is 18.2 Å². The Morgan fingerprint density at radius 2 is 1.65 bits per heavy atom. The largest absolute Gasteiger partial charge is 0.380 e. The monoisotopic (exact) mass is 332 g/mol. The van der Waals surface area contributed by atoms with Crippen LogP contribution in [0.1, 0.15) is 0 Å². The second kappa shape index (κ2) is 5.09. The molecule has 20 heavy (non-hydrogen) atoms. The molecule has 1 heterocycles. The highest BCUT2D eigenvalue weighted by atomic mass is 79.9. The molecular formula is C15H10BrFN2O. The van der Waals surface area contributed by atoms with Crippen LogP contribution in [0.15, 0.2) is 57.5 Å². The lowest BCUT2D eigenvalue weighted by Crippen LogP contribution is -1.90. The van der Waals surface area contributed by atoms with Crippen molar-refractivity contribution in [2.75, 3.05) is 5.73 Å². The minimum Gasteiger partial charge on any atom is -0.380 e. The normalized spacial score (nSPS) is 10.7. The smallest absolute Gasteiger partial charge is 0.179 e. The minimum atomic E-state index is -0.378. The van der Waals surface area contributed by atoms with E-state index in [1.165, 1.54) is 6.07 Å². The van der Waals surface area contributed by atoms with Crippen LogP contribution in [0, 0.1) is 5.82 Å². The van der Waals surface area contributed by atoms with E-state index in [0.717, 1.165) is 10.0 Å². The van der Waals surface area contributed by atoms with Gasteiger partial charge in [0, 0.05) is 10.0 Å². The molecule has 0 saturated heterocycles. The van der Waals surface area contributed by atoms with Gasteiger partial charge in [0.25, 0.3) is 0 Å². The first-order chi connectivity index (χ1) is 9.68. The van der Waals surface area contributed by atoms with Crippen molar-refractivity contribution < 1.29 is 8.91 Å². The molecule has 0 amide bonds. The highest BCUT2D eigenvalue weighted by Gasteiger charge is 2.21. The van der Waals surface area contributed by atoms with E-state index in [1.807, 2.05) is 24.3 Å². The summed E-state index contributed by atoms with van der Waals surface area (Å²) in [4.78, 5) is 0. The summed E-state index contributed by atoms with van der Waals surface area (Å²) in [7, 11) is 0. The first-order valence-electron chi connectivity index (χ1n) is 5.93. The zero-order valence-corrected chi connectivity index (χ0v) is 11.9. The summed E-state index contributed by atoms with van der Waals surface area (Å²) in [6.45, 7) is 0. The molecule has 0 saturated carbocycles. The summed E-state index contributed by atoms with van der Waals surface area (Å²) in [5.41, 5.74) is 7.61. The van der Waals surface area contributed by atoms with Gasteiger partial charge in [0.1, 0.15) is 5.82 Å². The minimum absolute atomic E-state index is 0.232. The zero-order chi connectivity index (χ0) is 14.1. The number of nitrogens with two attached hydrogens (primary N) is 1. The Hall–Kier alpha value is -2.14. The molecule has 0 bridgehead atoms. The lowest BCUT2D eigenvalue weighted by atomic mass is 10.0. The van der Waals surface area contributed by atoms with Gasteiger partial charge in [-0.15, -0.1) is 0 Å². The third-order valence-corrected chi connectivity index (χ3v) is 3.67. The predicted octanol–water partition coefficient (Wildman–Crippen LogP) is 4.49. The van der Waals surface area contributed by atoms with Gasteiger partial charge in [-0.1, -0.05) is 51.4 Å². The molecule has 3 aromatic rings. The molecule has 0 spiro atoms. The van der Waals surface area contributed by atoms with Gasteiger partial charge in [0.15, 0.2) is 11.6 Å². The van der Waals surface area contributed by atoms with Crippen LogP contribution >= 0.6 is 15.9 Å². The Balaban J connectivity index is 2.26. The van der Waals surface area contributed by atoms with Gasteiger partial charge in [-0.3, -0.25) is 0 Å². The van der Waals surface area contributed by atoms with E-state index in [-0.39, 0.29) is 11.6 Å². The maximum atomic E-state index is 13.9. The van der Waals surface area contributed by atoms with Crippen molar-refractivity contribution in [2.45, 2.75) is 0 Å². The SMILES string of the molecule is Nc1noc(-c2ccccc2F)c1-c1ccccc1Br. The molecule has 0 radical (unpaired) electrons. The van der Waals surface area contributed by atoms with Crippen LogP contribution in [0.4, 0.5) is 10.2 Å². The van der Waals surface area contributed by atoms with Crippen LogP contribution in [0.2, 0.25) is 0 Å². The van der Waals surface area contributed by atoms with Crippen molar-refractivity contribution in [3.05, 3.63) is 58.8 Å². The number of nitrogen functional groups attached to an aromatic ring is 1. The van der Waals surface area contributed by atoms with Gasteiger partial charge in [0.05, 0.1) is 11.1 Å². The molecule has 2 N–H and O–H groups in total. The van der Waals surface area contributed by atoms with E-state index < -0.39 is 0 Å². The van der Waals surface area contributed by atoms with Crippen LogP contribution < -0.4 is 5.73 Å². The second-order valence-electron chi connectivity index (χ2n) is 4.23. The second-order valence-corrected chi connectivity index (χ2v) is 5.09. The maximum absolute atomic E-state index is 13.9. The van der Waals surface area contributed by atoms with Crippen molar-refractivity contribution in [1.29, 1.82) is 0 Å². The summed E-state index contributed by atoms with van der Waals surface area (Å²) < 4.78 is 20.0. The Labute approximate surface area is 123 Å². The highest BCUT2D eigenvalue weighted by Crippen LogP contribution is 2.40. The van der Waals surface area contributed by atoms with Gasteiger partial charge in [0.2, 0.25) is 0 Å². The Bertz CT molecular complexity index is 770. The van der Waals surface area contributed by atoms with Crippen LogP contribution in [0.25, 0.3) is 22.5 Å².